The van der Waals surface area contributed by atoms with Crippen molar-refractivity contribution in [3.8, 4) is 0 Å². The normalized spacial score (nSPS) is 14.8. The van der Waals surface area contributed by atoms with Gasteiger partial charge in [-0.25, -0.2) is 9.72 Å². The zero-order chi connectivity index (χ0) is 12.4. The van der Waals surface area contributed by atoms with E-state index in [1.54, 1.807) is 31.3 Å². The minimum absolute atomic E-state index is 0.117. The van der Waals surface area contributed by atoms with E-state index in [4.69, 9.17) is 5.21 Å². The first-order valence-electron chi connectivity index (χ1n) is 5.22. The molecule has 2 aromatic rings. The molecule has 92 valence electrons. The number of pyridine rings is 1. The highest BCUT2D eigenvalue weighted by Gasteiger charge is 2.18. The average Bonchev–Trinajstić information content (AvgIpc) is 2.64. The molecule has 0 fully saturated rings. The number of aliphatic hydroxyl groups is 1. The molecule has 0 aliphatic heterocycles. The predicted octanol–water partition coefficient (Wildman–Crippen LogP) is -0.470. The molecule has 2 aromatic heterocycles. The lowest BCUT2D eigenvalue weighted by molar-refractivity contribution is -0.990. The molecule has 0 amide bonds. The number of fused-ring (bicyclic) bond motifs is 1. The molecule has 0 saturated carbocycles. The molecule has 4 N–H and O–H groups in total. The van der Waals surface area contributed by atoms with Crippen LogP contribution in [0.25, 0.3) is 5.52 Å². The summed E-state index contributed by atoms with van der Waals surface area (Å²) < 4.78 is 1.49. The van der Waals surface area contributed by atoms with E-state index in [9.17, 15) is 10.3 Å². The quantitative estimate of drug-likeness (QED) is 0.540. The van der Waals surface area contributed by atoms with Gasteiger partial charge in [-0.3, -0.25) is 0 Å². The highest BCUT2D eigenvalue weighted by molar-refractivity contribution is 5.75. The number of hydrogen-bond acceptors (Lipinski definition) is 5. The van der Waals surface area contributed by atoms with Crippen molar-refractivity contribution in [2.75, 3.05) is 11.9 Å². The Bertz CT molecular complexity index is 509. The van der Waals surface area contributed by atoms with Gasteiger partial charge in [-0.05, 0) is 19.1 Å². The second-order valence-electron chi connectivity index (χ2n) is 3.79. The van der Waals surface area contributed by atoms with Gasteiger partial charge >= 0.3 is 0 Å². The first-order valence-corrected chi connectivity index (χ1v) is 5.22. The lowest BCUT2D eigenvalue weighted by Crippen LogP contribution is -2.99. The van der Waals surface area contributed by atoms with Crippen LogP contribution in [0.1, 0.15) is 6.92 Å². The zero-order valence-corrected chi connectivity index (χ0v) is 9.29. The van der Waals surface area contributed by atoms with E-state index in [2.05, 4.69) is 10.4 Å². The third-order valence-corrected chi connectivity index (χ3v) is 2.32. The summed E-state index contributed by atoms with van der Waals surface area (Å²) in [7, 11) is 0. The van der Waals surface area contributed by atoms with Gasteiger partial charge in [0.25, 0.3) is 0 Å². The standard InChI is InChI=1S/C10H14N4O3/c1-7(15)6-11-10-9(14(16)17)8-4-2-3-5-13(8)12-10/h2-5,7,14-16H,6H2,1H3,(H,11,12). The summed E-state index contributed by atoms with van der Waals surface area (Å²) in [4.78, 5) is 0. The van der Waals surface area contributed by atoms with Crippen molar-refractivity contribution in [2.24, 2.45) is 0 Å². The molecule has 2 atom stereocenters. The maximum atomic E-state index is 11.2. The van der Waals surface area contributed by atoms with Crippen LogP contribution < -0.4 is 10.5 Å². The maximum absolute atomic E-state index is 11.2. The molecule has 0 aromatic carbocycles. The van der Waals surface area contributed by atoms with E-state index >= 15 is 0 Å². The Hall–Kier alpha value is -1.67. The zero-order valence-electron chi connectivity index (χ0n) is 9.29. The number of nitrogens with one attached hydrogen (secondary N) is 2. The fraction of sp³-hybridized carbons (Fsp3) is 0.300. The third kappa shape index (κ3) is 2.37. The minimum Gasteiger partial charge on any atom is -0.595 e. The van der Waals surface area contributed by atoms with Gasteiger partial charge in [0, 0.05) is 12.7 Å². The second kappa shape index (κ2) is 4.68. The van der Waals surface area contributed by atoms with Crippen molar-refractivity contribution in [1.29, 1.82) is 0 Å². The lowest BCUT2D eigenvalue weighted by Gasteiger charge is -2.12. The van der Waals surface area contributed by atoms with Crippen molar-refractivity contribution >= 4 is 17.0 Å². The monoisotopic (exact) mass is 238 g/mol. The topological polar surface area (TPSA) is 97.3 Å². The summed E-state index contributed by atoms with van der Waals surface area (Å²) in [6.45, 7) is 1.87. The molecule has 2 unspecified atom stereocenters. The van der Waals surface area contributed by atoms with Crippen molar-refractivity contribution in [1.82, 2.24) is 9.61 Å². The number of rotatable bonds is 4. The number of nitrogens with zero attached hydrogens (tertiary/aromatic N) is 2. The summed E-state index contributed by atoms with van der Waals surface area (Å²) in [5.41, 5.74) is 0.638. The Kier molecular flexibility index (Phi) is 3.25. The van der Waals surface area contributed by atoms with E-state index in [1.165, 1.54) is 4.52 Å². The summed E-state index contributed by atoms with van der Waals surface area (Å²) in [6, 6.07) is 5.20. The molecule has 0 saturated heterocycles. The molecule has 2 heterocycles. The smallest absolute Gasteiger partial charge is 0.234 e. The summed E-state index contributed by atoms with van der Waals surface area (Å²) in [6.07, 6.45) is 1.11. The van der Waals surface area contributed by atoms with Crippen LogP contribution in [0.15, 0.2) is 24.4 Å². The Morgan fingerprint density at radius 1 is 1.59 bits per heavy atom. The number of quaternary nitrogens is 1. The fourth-order valence-electron chi connectivity index (χ4n) is 1.58. The molecule has 0 aliphatic carbocycles. The number of hydrogen-bond donors (Lipinski definition) is 4. The SMILES string of the molecule is CC(O)CNc1nn2ccccc2c1[NH+]([O-])O. The van der Waals surface area contributed by atoms with Gasteiger partial charge in [-0.1, -0.05) is 6.07 Å². The molecule has 0 spiro atoms. The fourth-order valence-corrected chi connectivity index (χ4v) is 1.58. The van der Waals surface area contributed by atoms with Crippen LogP contribution in [0.4, 0.5) is 11.5 Å². The molecular weight excluding hydrogens is 224 g/mol. The maximum Gasteiger partial charge on any atom is 0.234 e. The molecule has 0 aliphatic rings. The van der Waals surface area contributed by atoms with Gasteiger partial charge in [-0.15, -0.1) is 5.10 Å². The van der Waals surface area contributed by atoms with E-state index in [1.807, 2.05) is 0 Å². The number of aliphatic hydroxyl groups excluding tert-OH is 1. The largest absolute Gasteiger partial charge is 0.595 e. The molecular formula is C10H14N4O3. The van der Waals surface area contributed by atoms with Crippen molar-refractivity contribution < 1.29 is 15.5 Å². The number of anilines is 1. The van der Waals surface area contributed by atoms with Gasteiger partial charge in [0.15, 0.2) is 0 Å². The van der Waals surface area contributed by atoms with Crippen LogP contribution in [-0.4, -0.2) is 32.6 Å². The Morgan fingerprint density at radius 3 is 3.00 bits per heavy atom. The first kappa shape index (κ1) is 11.8. The molecule has 17 heavy (non-hydrogen) atoms. The van der Waals surface area contributed by atoms with Crippen LogP contribution in [0.3, 0.4) is 0 Å². The van der Waals surface area contributed by atoms with Crippen LogP contribution in [0, 0.1) is 5.21 Å². The van der Waals surface area contributed by atoms with Gasteiger partial charge in [-0.2, -0.15) is 5.23 Å². The molecule has 2 rings (SSSR count). The Balaban J connectivity index is 2.43. The van der Waals surface area contributed by atoms with Crippen LogP contribution in [-0.2, 0) is 0 Å². The second-order valence-corrected chi connectivity index (χ2v) is 3.79. The van der Waals surface area contributed by atoms with Crippen molar-refractivity contribution in [3.63, 3.8) is 0 Å². The van der Waals surface area contributed by atoms with Crippen LogP contribution in [0.5, 0.6) is 0 Å². The lowest BCUT2D eigenvalue weighted by atomic mass is 10.3. The summed E-state index contributed by atoms with van der Waals surface area (Å²) >= 11 is 0. The minimum atomic E-state index is -1.04. The van der Waals surface area contributed by atoms with Crippen LogP contribution in [0.2, 0.25) is 0 Å². The van der Waals surface area contributed by atoms with Crippen molar-refractivity contribution in [2.45, 2.75) is 13.0 Å². The van der Waals surface area contributed by atoms with Gasteiger partial charge in [0.2, 0.25) is 11.5 Å². The molecule has 0 radical (unpaired) electrons. The Morgan fingerprint density at radius 2 is 2.35 bits per heavy atom. The van der Waals surface area contributed by atoms with Gasteiger partial charge in [0.05, 0.1) is 6.10 Å². The first-order chi connectivity index (χ1) is 8.09. The molecule has 7 heteroatoms. The molecule has 7 nitrogen and oxygen atoms in total. The van der Waals surface area contributed by atoms with Crippen LogP contribution >= 0.6 is 0 Å². The summed E-state index contributed by atoms with van der Waals surface area (Å²) in [5.74, 6) is 0.268. The van der Waals surface area contributed by atoms with E-state index in [0.29, 0.717) is 5.52 Å². The van der Waals surface area contributed by atoms with E-state index < -0.39 is 11.3 Å². The van der Waals surface area contributed by atoms with E-state index in [-0.39, 0.29) is 18.1 Å². The highest BCUT2D eigenvalue weighted by Crippen LogP contribution is 2.22. The van der Waals surface area contributed by atoms with Gasteiger partial charge < -0.3 is 15.6 Å². The Labute approximate surface area is 97.4 Å². The predicted molar refractivity (Wildman–Crippen MR) is 61.1 cm³/mol. The third-order valence-electron chi connectivity index (χ3n) is 2.32. The highest BCUT2D eigenvalue weighted by atomic mass is 16.8. The van der Waals surface area contributed by atoms with Crippen molar-refractivity contribution in [3.05, 3.63) is 29.6 Å². The van der Waals surface area contributed by atoms with Gasteiger partial charge in [0.1, 0.15) is 5.52 Å². The van der Waals surface area contributed by atoms with E-state index in [0.717, 1.165) is 0 Å². The number of aromatic nitrogens is 2. The summed E-state index contributed by atoms with van der Waals surface area (Å²) in [5, 5.41) is 35.4. The molecule has 0 bridgehead atoms. The average molecular weight is 238 g/mol.